The summed E-state index contributed by atoms with van der Waals surface area (Å²) in [6, 6.07) is 10.9. The third-order valence-electron chi connectivity index (χ3n) is 5.83. The lowest BCUT2D eigenvalue weighted by atomic mass is 10.0. The Labute approximate surface area is 201 Å². The fraction of sp³-hybridized carbons (Fsp3) is 0.458. The summed E-state index contributed by atoms with van der Waals surface area (Å²) in [5, 5.41) is 3.43. The summed E-state index contributed by atoms with van der Waals surface area (Å²) < 4.78 is 45.1. The number of benzene rings is 2. The average Bonchev–Trinajstić information content (AvgIpc) is 2.83. The number of nitrogens with one attached hydrogen (secondary N) is 2. The highest BCUT2D eigenvalue weighted by molar-refractivity contribution is 7.92. The van der Waals surface area contributed by atoms with Gasteiger partial charge < -0.3 is 24.4 Å². The van der Waals surface area contributed by atoms with E-state index in [0.29, 0.717) is 24.7 Å². The molecule has 0 fully saturated rings. The summed E-state index contributed by atoms with van der Waals surface area (Å²) in [5.74, 6) is 0.697. The smallest absolute Gasteiger partial charge is 0.262 e. The predicted octanol–water partition coefficient (Wildman–Crippen LogP) is 2.59. The van der Waals surface area contributed by atoms with Crippen molar-refractivity contribution < 1.29 is 27.4 Å². The Morgan fingerprint density at radius 2 is 1.91 bits per heavy atom. The van der Waals surface area contributed by atoms with Gasteiger partial charge in [0.2, 0.25) is 0 Å². The molecule has 186 valence electrons. The van der Waals surface area contributed by atoms with Gasteiger partial charge in [-0.1, -0.05) is 13.0 Å². The molecule has 10 heteroatoms. The van der Waals surface area contributed by atoms with E-state index in [1.54, 1.807) is 43.3 Å². The first kappa shape index (κ1) is 25.8. The Bertz CT molecular complexity index is 1110. The average molecular weight is 492 g/mol. The second-order valence-corrected chi connectivity index (χ2v) is 10.2. The van der Waals surface area contributed by atoms with Crippen molar-refractivity contribution in [2.24, 2.45) is 5.92 Å². The summed E-state index contributed by atoms with van der Waals surface area (Å²) in [6.45, 7) is 5.53. The standard InChI is InChI=1S/C24H33N3O6S/c1-16-13-25-17(2)15-33-22-10-9-18(11-21(22)24(28)27(3)14-23(16)32-5)26-34(29,30)20-8-6-7-19(12-20)31-4/h6-12,16-17,23,25-26H,13-15H2,1-5H3/t16-,17+,23-/m0/s1. The SMILES string of the molecule is COc1cccc(S(=O)(=O)Nc2ccc3c(c2)C(=O)N(C)C[C@H](OC)[C@@H](C)CN[C@H](C)CO3)c1. The molecule has 0 radical (unpaired) electrons. The van der Waals surface area contributed by atoms with Crippen LogP contribution in [0.15, 0.2) is 47.4 Å². The van der Waals surface area contributed by atoms with Crippen LogP contribution in [0.1, 0.15) is 24.2 Å². The van der Waals surface area contributed by atoms with Gasteiger partial charge >= 0.3 is 0 Å². The lowest BCUT2D eigenvalue weighted by Gasteiger charge is -2.30. The van der Waals surface area contributed by atoms with E-state index < -0.39 is 10.0 Å². The number of nitrogens with zero attached hydrogens (tertiary/aromatic N) is 1. The molecule has 34 heavy (non-hydrogen) atoms. The van der Waals surface area contributed by atoms with Crippen LogP contribution in [0.4, 0.5) is 5.69 Å². The van der Waals surface area contributed by atoms with Gasteiger partial charge in [0.1, 0.15) is 18.1 Å². The molecule has 0 saturated heterocycles. The number of carbonyl (C=O) groups is 1. The molecule has 3 atom stereocenters. The van der Waals surface area contributed by atoms with Gasteiger partial charge in [-0.25, -0.2) is 8.42 Å². The molecule has 2 N–H and O–H groups in total. The zero-order valence-electron chi connectivity index (χ0n) is 20.2. The summed E-state index contributed by atoms with van der Waals surface area (Å²) in [4.78, 5) is 15.0. The Morgan fingerprint density at radius 1 is 1.15 bits per heavy atom. The number of likely N-dealkylation sites (N-methyl/N-ethyl adjacent to an activating group) is 1. The van der Waals surface area contributed by atoms with E-state index in [4.69, 9.17) is 14.2 Å². The molecule has 0 unspecified atom stereocenters. The van der Waals surface area contributed by atoms with Crippen molar-refractivity contribution in [1.82, 2.24) is 10.2 Å². The van der Waals surface area contributed by atoms with Crippen LogP contribution >= 0.6 is 0 Å². The number of hydrogen-bond donors (Lipinski definition) is 2. The van der Waals surface area contributed by atoms with Gasteiger partial charge in [-0.3, -0.25) is 9.52 Å². The highest BCUT2D eigenvalue weighted by atomic mass is 32.2. The van der Waals surface area contributed by atoms with E-state index in [2.05, 4.69) is 17.0 Å². The normalized spacial score (nSPS) is 22.1. The maximum Gasteiger partial charge on any atom is 0.262 e. The van der Waals surface area contributed by atoms with E-state index in [0.717, 1.165) is 6.54 Å². The quantitative estimate of drug-likeness (QED) is 0.662. The van der Waals surface area contributed by atoms with Gasteiger partial charge in [0.15, 0.2) is 0 Å². The summed E-state index contributed by atoms with van der Waals surface area (Å²) in [5.41, 5.74) is 0.519. The first-order chi connectivity index (χ1) is 16.1. The van der Waals surface area contributed by atoms with Crippen molar-refractivity contribution in [2.75, 3.05) is 45.7 Å². The predicted molar refractivity (Wildman–Crippen MR) is 130 cm³/mol. The van der Waals surface area contributed by atoms with E-state index in [-0.39, 0.29) is 40.1 Å². The van der Waals surface area contributed by atoms with E-state index in [9.17, 15) is 13.2 Å². The Kier molecular flexibility index (Phi) is 8.40. The molecule has 0 bridgehead atoms. The number of fused-ring (bicyclic) bond motifs is 1. The van der Waals surface area contributed by atoms with Crippen LogP contribution in [-0.4, -0.2) is 72.3 Å². The van der Waals surface area contributed by atoms with Gasteiger partial charge in [-0.05, 0) is 43.2 Å². The van der Waals surface area contributed by atoms with E-state index >= 15 is 0 Å². The number of hydrogen-bond acceptors (Lipinski definition) is 7. The van der Waals surface area contributed by atoms with Crippen molar-refractivity contribution in [3.63, 3.8) is 0 Å². The zero-order valence-corrected chi connectivity index (χ0v) is 21.0. The summed E-state index contributed by atoms with van der Waals surface area (Å²) in [7, 11) is 0.901. The molecule has 1 heterocycles. The number of amides is 1. The van der Waals surface area contributed by atoms with Gasteiger partial charge in [0.25, 0.3) is 15.9 Å². The van der Waals surface area contributed by atoms with Crippen LogP contribution in [0, 0.1) is 5.92 Å². The molecule has 1 aliphatic rings. The van der Waals surface area contributed by atoms with Crippen molar-refractivity contribution >= 4 is 21.6 Å². The number of rotatable bonds is 5. The second kappa shape index (κ2) is 11.1. The largest absolute Gasteiger partial charge is 0.497 e. The molecule has 2 aromatic carbocycles. The van der Waals surface area contributed by atoms with Crippen molar-refractivity contribution in [3.05, 3.63) is 48.0 Å². The molecule has 0 saturated carbocycles. The minimum atomic E-state index is -3.90. The van der Waals surface area contributed by atoms with Gasteiger partial charge in [0.05, 0.1) is 23.7 Å². The van der Waals surface area contributed by atoms with Crippen molar-refractivity contribution in [2.45, 2.75) is 30.9 Å². The minimum absolute atomic E-state index is 0.0475. The molecule has 1 aliphatic heterocycles. The molecule has 1 amide bonds. The Morgan fingerprint density at radius 3 is 2.62 bits per heavy atom. The number of methoxy groups -OCH3 is 2. The molecule has 0 aromatic heterocycles. The van der Waals surface area contributed by atoms with Crippen LogP contribution in [-0.2, 0) is 14.8 Å². The Balaban J connectivity index is 1.94. The fourth-order valence-corrected chi connectivity index (χ4v) is 4.79. The lowest BCUT2D eigenvalue weighted by molar-refractivity contribution is 0.0281. The topological polar surface area (TPSA) is 106 Å². The minimum Gasteiger partial charge on any atom is -0.497 e. The van der Waals surface area contributed by atoms with Crippen molar-refractivity contribution in [1.29, 1.82) is 0 Å². The highest BCUT2D eigenvalue weighted by Crippen LogP contribution is 2.27. The maximum absolute atomic E-state index is 13.4. The van der Waals surface area contributed by atoms with Crippen LogP contribution < -0.4 is 19.5 Å². The molecular formula is C24H33N3O6S. The molecule has 0 spiro atoms. The summed E-state index contributed by atoms with van der Waals surface area (Å²) >= 11 is 0. The summed E-state index contributed by atoms with van der Waals surface area (Å²) in [6.07, 6.45) is -0.160. The van der Waals surface area contributed by atoms with E-state index in [1.807, 2.05) is 6.92 Å². The van der Waals surface area contributed by atoms with Crippen LogP contribution in [0.25, 0.3) is 0 Å². The monoisotopic (exact) mass is 491 g/mol. The number of sulfonamides is 1. The fourth-order valence-electron chi connectivity index (χ4n) is 3.71. The van der Waals surface area contributed by atoms with E-state index in [1.165, 1.54) is 25.3 Å². The molecule has 9 nitrogen and oxygen atoms in total. The first-order valence-corrected chi connectivity index (χ1v) is 12.6. The van der Waals surface area contributed by atoms with Crippen LogP contribution in [0.2, 0.25) is 0 Å². The lowest BCUT2D eigenvalue weighted by Crippen LogP contribution is -2.44. The highest BCUT2D eigenvalue weighted by Gasteiger charge is 2.26. The van der Waals surface area contributed by atoms with Gasteiger partial charge in [0, 0.05) is 45.0 Å². The second-order valence-electron chi connectivity index (χ2n) is 8.55. The maximum atomic E-state index is 13.4. The molecular weight excluding hydrogens is 458 g/mol. The number of anilines is 1. The number of ether oxygens (including phenoxy) is 3. The van der Waals surface area contributed by atoms with Gasteiger partial charge in [-0.15, -0.1) is 0 Å². The van der Waals surface area contributed by atoms with Crippen molar-refractivity contribution in [3.8, 4) is 11.5 Å². The molecule has 3 rings (SSSR count). The van der Waals surface area contributed by atoms with Crippen LogP contribution in [0.5, 0.6) is 11.5 Å². The molecule has 2 aromatic rings. The Hall–Kier alpha value is -2.82. The van der Waals surface area contributed by atoms with Crippen LogP contribution in [0.3, 0.4) is 0 Å². The first-order valence-electron chi connectivity index (χ1n) is 11.1. The molecule has 0 aliphatic carbocycles. The van der Waals surface area contributed by atoms with Gasteiger partial charge in [-0.2, -0.15) is 0 Å². The third-order valence-corrected chi connectivity index (χ3v) is 7.21. The third kappa shape index (κ3) is 6.19. The number of carbonyl (C=O) groups excluding carboxylic acids is 1. The zero-order chi connectivity index (χ0) is 24.9.